The SMILES string of the molecule is CC(CN)CC(=O)NCC(C)CN1CCCCC1. The number of likely N-dealkylation sites (tertiary alicyclic amines) is 1. The Kier molecular flexibility index (Phi) is 7.28. The van der Waals surface area contributed by atoms with Gasteiger partial charge in [-0.15, -0.1) is 0 Å². The molecule has 0 aromatic heterocycles. The highest BCUT2D eigenvalue weighted by Gasteiger charge is 2.14. The minimum Gasteiger partial charge on any atom is -0.356 e. The van der Waals surface area contributed by atoms with Gasteiger partial charge in [-0.2, -0.15) is 0 Å². The Bertz CT molecular complexity index is 239. The monoisotopic (exact) mass is 255 g/mol. The molecular formula is C14H29N3O. The van der Waals surface area contributed by atoms with Crippen LogP contribution in [-0.2, 0) is 4.79 Å². The normalized spacial score (nSPS) is 20.4. The lowest BCUT2D eigenvalue weighted by Gasteiger charge is -2.29. The van der Waals surface area contributed by atoms with Crippen LogP contribution in [0, 0.1) is 11.8 Å². The summed E-state index contributed by atoms with van der Waals surface area (Å²) < 4.78 is 0. The topological polar surface area (TPSA) is 58.4 Å². The molecule has 0 radical (unpaired) electrons. The van der Waals surface area contributed by atoms with Gasteiger partial charge in [0.15, 0.2) is 0 Å². The van der Waals surface area contributed by atoms with E-state index in [9.17, 15) is 4.79 Å². The lowest BCUT2D eigenvalue weighted by Crippen LogP contribution is -2.38. The van der Waals surface area contributed by atoms with Gasteiger partial charge in [0.1, 0.15) is 0 Å². The smallest absolute Gasteiger partial charge is 0.220 e. The molecule has 1 aliphatic heterocycles. The highest BCUT2D eigenvalue weighted by atomic mass is 16.1. The van der Waals surface area contributed by atoms with E-state index >= 15 is 0 Å². The molecule has 4 heteroatoms. The molecule has 4 nitrogen and oxygen atoms in total. The molecule has 1 fully saturated rings. The largest absolute Gasteiger partial charge is 0.356 e. The van der Waals surface area contributed by atoms with Gasteiger partial charge in [-0.05, 0) is 44.3 Å². The van der Waals surface area contributed by atoms with Crippen molar-refractivity contribution < 1.29 is 4.79 Å². The highest BCUT2D eigenvalue weighted by molar-refractivity contribution is 5.76. The van der Waals surface area contributed by atoms with Crippen LogP contribution in [0.15, 0.2) is 0 Å². The number of nitrogens with zero attached hydrogens (tertiary/aromatic N) is 1. The Labute approximate surface area is 111 Å². The molecule has 106 valence electrons. The van der Waals surface area contributed by atoms with Gasteiger partial charge in [-0.3, -0.25) is 4.79 Å². The van der Waals surface area contributed by atoms with Crippen LogP contribution in [0.3, 0.4) is 0 Å². The minimum atomic E-state index is 0.137. The summed E-state index contributed by atoms with van der Waals surface area (Å²) in [7, 11) is 0. The van der Waals surface area contributed by atoms with Gasteiger partial charge in [-0.25, -0.2) is 0 Å². The molecule has 0 aliphatic carbocycles. The maximum absolute atomic E-state index is 11.6. The van der Waals surface area contributed by atoms with Gasteiger partial charge < -0.3 is 16.0 Å². The molecule has 0 spiro atoms. The van der Waals surface area contributed by atoms with Gasteiger partial charge >= 0.3 is 0 Å². The molecule has 2 unspecified atom stereocenters. The second kappa shape index (κ2) is 8.48. The summed E-state index contributed by atoms with van der Waals surface area (Å²) >= 11 is 0. The molecule has 3 N–H and O–H groups in total. The average molecular weight is 255 g/mol. The van der Waals surface area contributed by atoms with Crippen molar-refractivity contribution in [2.24, 2.45) is 17.6 Å². The van der Waals surface area contributed by atoms with E-state index in [1.807, 2.05) is 6.92 Å². The summed E-state index contributed by atoms with van der Waals surface area (Å²) in [6.45, 7) is 9.14. The summed E-state index contributed by atoms with van der Waals surface area (Å²) in [5.74, 6) is 0.945. The lowest BCUT2D eigenvalue weighted by atomic mass is 10.1. The van der Waals surface area contributed by atoms with Crippen molar-refractivity contribution in [3.63, 3.8) is 0 Å². The second-order valence-corrected chi connectivity index (χ2v) is 5.82. The first-order valence-corrected chi connectivity index (χ1v) is 7.31. The number of amides is 1. The van der Waals surface area contributed by atoms with Crippen molar-refractivity contribution in [2.75, 3.05) is 32.7 Å². The highest BCUT2D eigenvalue weighted by Crippen LogP contribution is 2.10. The van der Waals surface area contributed by atoms with Crippen LogP contribution in [0.25, 0.3) is 0 Å². The fourth-order valence-electron chi connectivity index (χ4n) is 2.41. The van der Waals surface area contributed by atoms with Crippen LogP contribution < -0.4 is 11.1 Å². The third-order valence-electron chi connectivity index (χ3n) is 3.60. The lowest BCUT2D eigenvalue weighted by molar-refractivity contribution is -0.122. The number of hydrogen-bond donors (Lipinski definition) is 2. The van der Waals surface area contributed by atoms with E-state index in [0.29, 0.717) is 18.9 Å². The minimum absolute atomic E-state index is 0.137. The van der Waals surface area contributed by atoms with Crippen molar-refractivity contribution in [1.29, 1.82) is 0 Å². The fourth-order valence-corrected chi connectivity index (χ4v) is 2.41. The van der Waals surface area contributed by atoms with Crippen molar-refractivity contribution in [3.05, 3.63) is 0 Å². The van der Waals surface area contributed by atoms with Crippen LogP contribution in [0.4, 0.5) is 0 Å². The predicted molar refractivity (Wildman–Crippen MR) is 75.3 cm³/mol. The maximum atomic E-state index is 11.6. The number of piperidine rings is 1. The van der Waals surface area contributed by atoms with E-state index in [4.69, 9.17) is 5.73 Å². The molecule has 1 heterocycles. The first-order chi connectivity index (χ1) is 8.61. The Hall–Kier alpha value is -0.610. The van der Waals surface area contributed by atoms with E-state index in [1.165, 1.54) is 32.4 Å². The molecule has 18 heavy (non-hydrogen) atoms. The zero-order valence-corrected chi connectivity index (χ0v) is 12.0. The van der Waals surface area contributed by atoms with Crippen molar-refractivity contribution >= 4 is 5.91 Å². The number of rotatable bonds is 7. The molecule has 1 saturated heterocycles. The first-order valence-electron chi connectivity index (χ1n) is 7.31. The van der Waals surface area contributed by atoms with E-state index in [2.05, 4.69) is 17.1 Å². The molecule has 0 aromatic rings. The molecule has 0 saturated carbocycles. The van der Waals surface area contributed by atoms with E-state index in [1.54, 1.807) is 0 Å². The van der Waals surface area contributed by atoms with E-state index < -0.39 is 0 Å². The van der Waals surface area contributed by atoms with Gasteiger partial charge in [0, 0.05) is 19.5 Å². The van der Waals surface area contributed by atoms with Gasteiger partial charge in [0.05, 0.1) is 0 Å². The summed E-state index contributed by atoms with van der Waals surface area (Å²) in [6.07, 6.45) is 4.58. The summed E-state index contributed by atoms with van der Waals surface area (Å²) in [4.78, 5) is 14.1. The quantitative estimate of drug-likeness (QED) is 0.719. The Morgan fingerprint density at radius 2 is 1.89 bits per heavy atom. The van der Waals surface area contributed by atoms with E-state index in [-0.39, 0.29) is 11.8 Å². The van der Waals surface area contributed by atoms with Gasteiger partial charge in [-0.1, -0.05) is 20.3 Å². The summed E-state index contributed by atoms with van der Waals surface area (Å²) in [5, 5.41) is 3.02. The molecule has 1 amide bonds. The standard InChI is InChI=1S/C14H29N3O/c1-12(9-15)8-14(18)16-10-13(2)11-17-6-4-3-5-7-17/h12-13H,3-11,15H2,1-2H3,(H,16,18). The van der Waals surface area contributed by atoms with Crippen LogP contribution in [-0.4, -0.2) is 43.5 Å². The molecule has 1 aliphatic rings. The zero-order valence-electron chi connectivity index (χ0n) is 12.0. The third kappa shape index (κ3) is 6.36. The van der Waals surface area contributed by atoms with Crippen molar-refractivity contribution in [1.82, 2.24) is 10.2 Å². The van der Waals surface area contributed by atoms with Gasteiger partial charge in [0.2, 0.25) is 5.91 Å². The number of hydrogen-bond acceptors (Lipinski definition) is 3. The molecule has 0 aromatic carbocycles. The average Bonchev–Trinajstić information content (AvgIpc) is 2.37. The van der Waals surface area contributed by atoms with Crippen LogP contribution in [0.1, 0.15) is 39.5 Å². The zero-order chi connectivity index (χ0) is 13.4. The summed E-state index contributed by atoms with van der Waals surface area (Å²) in [5.41, 5.74) is 5.51. The van der Waals surface area contributed by atoms with Gasteiger partial charge in [0.25, 0.3) is 0 Å². The van der Waals surface area contributed by atoms with E-state index in [0.717, 1.165) is 13.1 Å². The van der Waals surface area contributed by atoms with Crippen molar-refractivity contribution in [2.45, 2.75) is 39.5 Å². The summed E-state index contributed by atoms with van der Waals surface area (Å²) in [6, 6.07) is 0. The van der Waals surface area contributed by atoms with Crippen LogP contribution in [0.5, 0.6) is 0 Å². The molecular weight excluding hydrogens is 226 g/mol. The first kappa shape index (κ1) is 15.4. The second-order valence-electron chi connectivity index (χ2n) is 5.82. The Balaban J connectivity index is 2.11. The van der Waals surface area contributed by atoms with Crippen LogP contribution >= 0.6 is 0 Å². The number of nitrogens with one attached hydrogen (secondary N) is 1. The number of nitrogens with two attached hydrogens (primary N) is 1. The van der Waals surface area contributed by atoms with Crippen molar-refractivity contribution in [3.8, 4) is 0 Å². The Morgan fingerprint density at radius 3 is 2.50 bits per heavy atom. The number of carbonyl (C=O) groups is 1. The number of carbonyl (C=O) groups excluding carboxylic acids is 1. The predicted octanol–water partition coefficient (Wildman–Crippen LogP) is 1.21. The fraction of sp³-hybridized carbons (Fsp3) is 0.929. The Morgan fingerprint density at radius 1 is 1.22 bits per heavy atom. The molecule has 2 atom stereocenters. The maximum Gasteiger partial charge on any atom is 0.220 e. The third-order valence-corrected chi connectivity index (χ3v) is 3.60. The molecule has 0 bridgehead atoms. The molecule has 1 rings (SSSR count). The van der Waals surface area contributed by atoms with Crippen LogP contribution in [0.2, 0.25) is 0 Å².